The van der Waals surface area contributed by atoms with Gasteiger partial charge in [-0.25, -0.2) is 28.2 Å². The average Bonchev–Trinajstić information content (AvgIpc) is 4.32. The van der Waals surface area contributed by atoms with E-state index in [-0.39, 0.29) is 0 Å². The largest absolute Gasteiger partial charge is 0.354 e. The number of aromatic amines is 2. The molecule has 8 bridgehead atoms. The maximum absolute atomic E-state index is 5.62. The molecule has 13 rings (SSSR count). The van der Waals surface area contributed by atoms with Crippen LogP contribution in [0, 0.1) is 0 Å². The van der Waals surface area contributed by atoms with Gasteiger partial charge in [0.25, 0.3) is 0 Å². The first-order valence-electron chi connectivity index (χ1n) is 25.7. The van der Waals surface area contributed by atoms with Crippen molar-refractivity contribution in [2.75, 3.05) is 0 Å². The SMILES string of the molecule is C[n+]1ccccc1-c1ccc(-c2c3nc(c(-c4ccc(-c5cccc[n+]5C)cc4)c4ccc([nH]4)c(-c4ccc(-c5cccc[n+]5C)cc4)c4nc(c(-c5ccc(-c6cccc[n+]6C)cc5)c5ccc2[nH]5)C=C4)C=C3)cc1. The molecular formula is C68H54N8+4. The fourth-order valence-electron chi connectivity index (χ4n) is 10.9. The Hall–Kier alpha value is -9.92. The van der Waals surface area contributed by atoms with Crippen LogP contribution in [0.5, 0.6) is 0 Å². The van der Waals surface area contributed by atoms with Gasteiger partial charge in [0.15, 0.2) is 24.8 Å². The van der Waals surface area contributed by atoms with Crippen LogP contribution in [0.2, 0.25) is 0 Å². The average molecular weight is 983 g/mol. The molecule has 0 fully saturated rings. The van der Waals surface area contributed by atoms with Gasteiger partial charge in [-0.05, 0) is 144 Å². The van der Waals surface area contributed by atoms with Crippen LogP contribution in [0.1, 0.15) is 22.8 Å². The lowest BCUT2D eigenvalue weighted by Crippen LogP contribution is -2.29. The first kappa shape index (κ1) is 45.9. The number of fused-ring (bicyclic) bond motifs is 8. The van der Waals surface area contributed by atoms with Gasteiger partial charge in [-0.1, -0.05) is 48.5 Å². The molecule has 2 aliphatic rings. The van der Waals surface area contributed by atoms with Gasteiger partial charge < -0.3 is 9.97 Å². The van der Waals surface area contributed by atoms with Crippen molar-refractivity contribution < 1.29 is 18.3 Å². The second-order valence-corrected chi connectivity index (χ2v) is 19.6. The number of benzene rings is 4. The predicted octanol–water partition coefficient (Wildman–Crippen LogP) is 13.3. The van der Waals surface area contributed by atoms with Crippen molar-refractivity contribution >= 4 is 46.4 Å². The molecule has 8 heteroatoms. The van der Waals surface area contributed by atoms with Crippen LogP contribution in [0.15, 0.2) is 219 Å². The minimum atomic E-state index is 0.861. The van der Waals surface area contributed by atoms with Crippen LogP contribution in [-0.2, 0) is 28.2 Å². The summed E-state index contributed by atoms with van der Waals surface area (Å²) in [6.45, 7) is 0. The molecule has 0 unspecified atom stereocenters. The highest BCUT2D eigenvalue weighted by molar-refractivity contribution is 6.00. The van der Waals surface area contributed by atoms with E-state index in [0.717, 1.165) is 134 Å². The molecule has 0 spiro atoms. The smallest absolute Gasteiger partial charge is 0.212 e. The zero-order chi connectivity index (χ0) is 51.3. The van der Waals surface area contributed by atoms with Crippen LogP contribution in [0.3, 0.4) is 0 Å². The Bertz CT molecular complexity index is 3750. The van der Waals surface area contributed by atoms with Crippen LogP contribution in [0.25, 0.3) is 136 Å². The van der Waals surface area contributed by atoms with Gasteiger partial charge in [0, 0.05) is 115 Å². The molecule has 0 aliphatic carbocycles. The molecule has 11 aromatic rings. The molecule has 0 radical (unpaired) electrons. The zero-order valence-corrected chi connectivity index (χ0v) is 42.8. The van der Waals surface area contributed by atoms with E-state index in [2.05, 4.69) is 300 Å². The maximum atomic E-state index is 5.62. The van der Waals surface area contributed by atoms with E-state index < -0.39 is 0 Å². The number of aromatic nitrogens is 8. The van der Waals surface area contributed by atoms with Gasteiger partial charge in [0.05, 0.1) is 22.8 Å². The fourth-order valence-corrected chi connectivity index (χ4v) is 10.9. The van der Waals surface area contributed by atoms with Crippen molar-refractivity contribution in [2.24, 2.45) is 28.2 Å². The number of nitrogens with one attached hydrogen (secondary N) is 2. The number of H-pyrrole nitrogens is 2. The Balaban J connectivity index is 1.09. The maximum Gasteiger partial charge on any atom is 0.212 e. The Morgan fingerprint density at radius 2 is 0.461 bits per heavy atom. The molecule has 7 aromatic heterocycles. The summed E-state index contributed by atoms with van der Waals surface area (Å²) in [5.41, 5.74) is 24.5. The molecule has 8 nitrogen and oxygen atoms in total. The Labute approximate surface area is 441 Å². The predicted molar refractivity (Wildman–Crippen MR) is 307 cm³/mol. The number of hydrogen-bond acceptors (Lipinski definition) is 2. The highest BCUT2D eigenvalue weighted by Crippen LogP contribution is 2.40. The highest BCUT2D eigenvalue weighted by Gasteiger charge is 2.21. The minimum absolute atomic E-state index is 0.861. The van der Waals surface area contributed by atoms with Crippen LogP contribution >= 0.6 is 0 Å². The molecule has 2 N–H and O–H groups in total. The van der Waals surface area contributed by atoms with Crippen molar-refractivity contribution in [1.82, 2.24) is 19.9 Å². The summed E-state index contributed by atoms with van der Waals surface area (Å²) in [4.78, 5) is 19.1. The van der Waals surface area contributed by atoms with E-state index in [4.69, 9.17) is 9.97 Å². The third-order valence-corrected chi connectivity index (χ3v) is 14.9. The van der Waals surface area contributed by atoms with Gasteiger partial charge >= 0.3 is 0 Å². The first-order chi connectivity index (χ1) is 37.3. The molecule has 76 heavy (non-hydrogen) atoms. The van der Waals surface area contributed by atoms with E-state index in [1.54, 1.807) is 0 Å². The highest BCUT2D eigenvalue weighted by atomic mass is 14.9. The molecule has 4 aromatic carbocycles. The minimum Gasteiger partial charge on any atom is -0.354 e. The second-order valence-electron chi connectivity index (χ2n) is 19.6. The van der Waals surface area contributed by atoms with Crippen LogP contribution in [0.4, 0.5) is 0 Å². The lowest BCUT2D eigenvalue weighted by molar-refractivity contribution is -0.660. The monoisotopic (exact) mass is 982 g/mol. The molecule has 0 saturated carbocycles. The lowest BCUT2D eigenvalue weighted by Gasteiger charge is -2.08. The van der Waals surface area contributed by atoms with Crippen LogP contribution in [-0.4, -0.2) is 19.9 Å². The summed E-state index contributed by atoms with van der Waals surface area (Å²) in [6, 6.07) is 69.4. The third kappa shape index (κ3) is 8.41. The van der Waals surface area contributed by atoms with Crippen LogP contribution < -0.4 is 18.3 Å². The Morgan fingerprint density at radius 3 is 0.671 bits per heavy atom. The second kappa shape index (κ2) is 19.2. The van der Waals surface area contributed by atoms with Crippen molar-refractivity contribution in [3.8, 4) is 89.5 Å². The summed E-state index contributed by atoms with van der Waals surface area (Å²) >= 11 is 0. The summed E-state index contributed by atoms with van der Waals surface area (Å²) < 4.78 is 8.62. The van der Waals surface area contributed by atoms with E-state index in [1.807, 2.05) is 0 Å². The van der Waals surface area contributed by atoms with E-state index in [1.165, 1.54) is 0 Å². The lowest BCUT2D eigenvalue weighted by atomic mass is 10.0. The summed E-state index contributed by atoms with van der Waals surface area (Å²) in [7, 11) is 8.34. The molecule has 2 aliphatic heterocycles. The fraction of sp³-hybridized carbons (Fsp3) is 0.0588. The van der Waals surface area contributed by atoms with Crippen molar-refractivity contribution in [1.29, 1.82) is 0 Å². The van der Waals surface area contributed by atoms with E-state index in [0.29, 0.717) is 0 Å². The number of rotatable bonds is 8. The summed E-state index contributed by atoms with van der Waals surface area (Å²) in [5, 5.41) is 0. The quantitative estimate of drug-likeness (QED) is 0.149. The molecule has 362 valence electrons. The Morgan fingerprint density at radius 1 is 0.250 bits per heavy atom. The van der Waals surface area contributed by atoms with Gasteiger partial charge in [-0.2, -0.15) is 0 Å². The number of hydrogen-bond donors (Lipinski definition) is 2. The Kier molecular flexibility index (Phi) is 11.6. The normalized spacial score (nSPS) is 11.8. The number of nitrogens with zero attached hydrogens (tertiary/aromatic N) is 6. The van der Waals surface area contributed by atoms with E-state index >= 15 is 0 Å². The molecule has 0 saturated heterocycles. The van der Waals surface area contributed by atoms with Gasteiger partial charge in [0.1, 0.15) is 28.2 Å². The molecular weight excluding hydrogens is 929 g/mol. The summed E-state index contributed by atoms with van der Waals surface area (Å²) in [6.07, 6.45) is 17.0. The number of aryl methyl sites for hydroxylation is 4. The van der Waals surface area contributed by atoms with Crippen molar-refractivity contribution in [3.05, 3.63) is 242 Å². The third-order valence-electron chi connectivity index (χ3n) is 14.9. The standard InChI is InChI=1S/C68H53N8/c1-73-41-9-5-13-61(73)45-17-25-49(26-18-45)65-53-33-35-55(69-53)66(50-27-19-46(20-28-50)62-14-6-10-42-74(62)2)57-37-39-59(71-57)68(52-31-23-48(24-32-52)64-16-8-12-44-76(64)4)60-40-38-58(72-60)67(56-36-34-54(65)70-56)51-29-21-47(22-30-51)63-15-7-11-43-75(63)3/h5-44H,1-4H3,(H,69,70,71,72)/q+3/p+1. The molecule has 9 heterocycles. The van der Waals surface area contributed by atoms with Crippen molar-refractivity contribution in [3.63, 3.8) is 0 Å². The number of pyridine rings is 4. The summed E-state index contributed by atoms with van der Waals surface area (Å²) in [5.74, 6) is 0. The van der Waals surface area contributed by atoms with Gasteiger partial charge in [-0.3, -0.25) is 0 Å². The molecule has 0 amide bonds. The van der Waals surface area contributed by atoms with Crippen molar-refractivity contribution in [2.45, 2.75) is 0 Å². The molecule has 0 atom stereocenters. The van der Waals surface area contributed by atoms with Gasteiger partial charge in [-0.15, -0.1) is 0 Å². The zero-order valence-electron chi connectivity index (χ0n) is 42.8. The van der Waals surface area contributed by atoms with E-state index in [9.17, 15) is 0 Å². The van der Waals surface area contributed by atoms with Gasteiger partial charge in [0.2, 0.25) is 22.8 Å². The first-order valence-corrected chi connectivity index (χ1v) is 25.7. The topological polar surface area (TPSA) is 72.9 Å².